The number of hydrogen-bond acceptors (Lipinski definition) is 6. The number of nitrogens with one attached hydrogen (secondary N) is 1. The lowest BCUT2D eigenvalue weighted by Gasteiger charge is -2.39. The van der Waals surface area contributed by atoms with Crippen LogP contribution in [0.1, 0.15) is 10.4 Å². The van der Waals surface area contributed by atoms with Gasteiger partial charge in [0.25, 0.3) is 5.91 Å². The smallest absolute Gasteiger partial charge is 0.320 e. The van der Waals surface area contributed by atoms with E-state index >= 15 is 0 Å². The molecule has 158 valence electrons. The highest BCUT2D eigenvalue weighted by Crippen LogP contribution is 2.26. The summed E-state index contributed by atoms with van der Waals surface area (Å²) in [7, 11) is 0. The van der Waals surface area contributed by atoms with Gasteiger partial charge in [-0.2, -0.15) is 0 Å². The van der Waals surface area contributed by atoms with Gasteiger partial charge in [-0.25, -0.2) is 4.79 Å². The van der Waals surface area contributed by atoms with Crippen LogP contribution in [0.25, 0.3) is 0 Å². The van der Waals surface area contributed by atoms with Crippen molar-refractivity contribution in [1.82, 2.24) is 20.0 Å². The number of ether oxygens (including phenoxy) is 1. The normalized spacial score (nSPS) is 20.7. The van der Waals surface area contributed by atoms with Crippen LogP contribution in [0.15, 0.2) is 18.2 Å². The minimum Gasteiger partial charge on any atom is -0.397 e. The Morgan fingerprint density at radius 2 is 1.52 bits per heavy atom. The average molecular weight is 402 g/mol. The Kier molecular flexibility index (Phi) is 6.05. The van der Waals surface area contributed by atoms with Gasteiger partial charge >= 0.3 is 6.03 Å². The Hall–Kier alpha value is -2.52. The Morgan fingerprint density at radius 1 is 0.862 bits per heavy atom. The molecule has 3 aliphatic heterocycles. The minimum atomic E-state index is 0.0330. The highest BCUT2D eigenvalue weighted by atomic mass is 16.5. The molecule has 3 N–H and O–H groups in total. The van der Waals surface area contributed by atoms with Gasteiger partial charge in [0, 0.05) is 71.0 Å². The van der Waals surface area contributed by atoms with E-state index < -0.39 is 0 Å². The van der Waals surface area contributed by atoms with Crippen molar-refractivity contribution < 1.29 is 14.3 Å². The molecule has 4 rings (SSSR count). The van der Waals surface area contributed by atoms with Crippen molar-refractivity contribution in [3.05, 3.63) is 23.8 Å². The molecule has 3 amide bonds. The zero-order valence-corrected chi connectivity index (χ0v) is 16.8. The molecule has 3 heterocycles. The summed E-state index contributed by atoms with van der Waals surface area (Å²) in [6.07, 6.45) is 0. The number of rotatable bonds is 2. The Labute approximate surface area is 171 Å². The lowest BCUT2D eigenvalue weighted by Crippen LogP contribution is -2.54. The molecular formula is C20H30N6O3. The number of morpholine rings is 1. The second-order valence-electron chi connectivity index (χ2n) is 7.67. The lowest BCUT2D eigenvalue weighted by atomic mass is 10.1. The van der Waals surface area contributed by atoms with E-state index in [1.54, 1.807) is 6.07 Å². The molecule has 29 heavy (non-hydrogen) atoms. The van der Waals surface area contributed by atoms with E-state index in [-0.39, 0.29) is 11.9 Å². The van der Waals surface area contributed by atoms with Crippen LogP contribution < -0.4 is 16.0 Å². The summed E-state index contributed by atoms with van der Waals surface area (Å²) < 4.78 is 5.33. The van der Waals surface area contributed by atoms with Gasteiger partial charge in [0.2, 0.25) is 0 Å². The first-order valence-electron chi connectivity index (χ1n) is 10.4. The van der Waals surface area contributed by atoms with E-state index in [4.69, 9.17) is 10.5 Å². The fourth-order valence-electron chi connectivity index (χ4n) is 4.12. The van der Waals surface area contributed by atoms with E-state index in [9.17, 15) is 9.59 Å². The molecule has 9 heteroatoms. The molecule has 9 nitrogen and oxygen atoms in total. The number of hydrogen-bond donors (Lipinski definition) is 2. The van der Waals surface area contributed by atoms with E-state index in [0.29, 0.717) is 50.6 Å². The summed E-state index contributed by atoms with van der Waals surface area (Å²) in [6, 6.07) is 5.68. The standard InChI is InChI=1S/C20H30N6O3/c21-17-15-16(19(27)24-5-3-22-4-6-24)1-2-18(17)23-7-9-25(10-8-23)20(28)26-11-13-29-14-12-26/h1-2,15,22H,3-14,21H2. The molecule has 0 aromatic heterocycles. The largest absolute Gasteiger partial charge is 0.397 e. The predicted molar refractivity (Wildman–Crippen MR) is 111 cm³/mol. The molecular weight excluding hydrogens is 372 g/mol. The molecule has 1 aromatic rings. The first-order chi connectivity index (χ1) is 14.1. The quantitative estimate of drug-likeness (QED) is 0.671. The van der Waals surface area contributed by atoms with Gasteiger partial charge in [-0.15, -0.1) is 0 Å². The molecule has 0 spiro atoms. The number of nitrogen functional groups attached to an aromatic ring is 1. The third kappa shape index (κ3) is 4.40. The monoisotopic (exact) mass is 402 g/mol. The van der Waals surface area contributed by atoms with Crippen LogP contribution in [0.3, 0.4) is 0 Å². The molecule has 0 radical (unpaired) electrons. The topological polar surface area (TPSA) is 94.4 Å². The summed E-state index contributed by atoms with van der Waals surface area (Å²) in [5.74, 6) is 0.0330. The number of carbonyl (C=O) groups excluding carboxylic acids is 2. The van der Waals surface area contributed by atoms with Gasteiger partial charge in [-0.3, -0.25) is 4.79 Å². The molecule has 0 bridgehead atoms. The second kappa shape index (κ2) is 8.87. The number of amides is 3. The number of carbonyl (C=O) groups is 2. The van der Waals surface area contributed by atoms with Crippen LogP contribution in [-0.4, -0.2) is 105 Å². The van der Waals surface area contributed by atoms with Crippen molar-refractivity contribution in [3.8, 4) is 0 Å². The number of anilines is 2. The molecule has 0 aliphatic carbocycles. The van der Waals surface area contributed by atoms with Gasteiger partial charge < -0.3 is 35.4 Å². The predicted octanol–water partition coefficient (Wildman–Crippen LogP) is -0.112. The van der Waals surface area contributed by atoms with Crippen molar-refractivity contribution in [2.75, 3.05) is 89.3 Å². The van der Waals surface area contributed by atoms with Crippen molar-refractivity contribution in [3.63, 3.8) is 0 Å². The van der Waals surface area contributed by atoms with Gasteiger partial charge in [0.05, 0.1) is 24.6 Å². The maximum Gasteiger partial charge on any atom is 0.320 e. The lowest BCUT2D eigenvalue weighted by molar-refractivity contribution is 0.0428. The van der Waals surface area contributed by atoms with E-state index in [0.717, 1.165) is 45.0 Å². The summed E-state index contributed by atoms with van der Waals surface area (Å²) >= 11 is 0. The zero-order chi connectivity index (χ0) is 20.2. The number of nitrogens with zero attached hydrogens (tertiary/aromatic N) is 4. The molecule has 0 saturated carbocycles. The second-order valence-corrected chi connectivity index (χ2v) is 7.67. The Balaban J connectivity index is 1.35. The van der Waals surface area contributed by atoms with Crippen LogP contribution in [0, 0.1) is 0 Å². The summed E-state index contributed by atoms with van der Waals surface area (Å²) in [5, 5.41) is 3.25. The van der Waals surface area contributed by atoms with Crippen LogP contribution in [0.5, 0.6) is 0 Å². The van der Waals surface area contributed by atoms with Gasteiger partial charge in [0.15, 0.2) is 0 Å². The number of piperazine rings is 2. The van der Waals surface area contributed by atoms with Gasteiger partial charge in [-0.05, 0) is 18.2 Å². The summed E-state index contributed by atoms with van der Waals surface area (Å²) in [5.41, 5.74) is 8.48. The van der Waals surface area contributed by atoms with Gasteiger partial charge in [0.1, 0.15) is 0 Å². The minimum absolute atomic E-state index is 0.0330. The number of benzene rings is 1. The van der Waals surface area contributed by atoms with Crippen LogP contribution >= 0.6 is 0 Å². The molecule has 3 saturated heterocycles. The fraction of sp³-hybridized carbons (Fsp3) is 0.600. The van der Waals surface area contributed by atoms with E-state index in [1.807, 2.05) is 26.8 Å². The maximum atomic E-state index is 12.7. The third-order valence-electron chi connectivity index (χ3n) is 5.85. The summed E-state index contributed by atoms with van der Waals surface area (Å²) in [6.45, 7) is 8.43. The molecule has 0 unspecified atom stereocenters. The highest BCUT2D eigenvalue weighted by Gasteiger charge is 2.27. The first kappa shape index (κ1) is 19.8. The summed E-state index contributed by atoms with van der Waals surface area (Å²) in [4.78, 5) is 33.1. The van der Waals surface area contributed by atoms with E-state index in [1.165, 1.54) is 0 Å². The maximum absolute atomic E-state index is 12.7. The molecule has 3 fully saturated rings. The first-order valence-corrected chi connectivity index (χ1v) is 10.4. The average Bonchev–Trinajstić information content (AvgIpc) is 2.79. The van der Waals surface area contributed by atoms with Crippen LogP contribution in [-0.2, 0) is 4.74 Å². The third-order valence-corrected chi connectivity index (χ3v) is 5.85. The van der Waals surface area contributed by atoms with Crippen LogP contribution in [0.4, 0.5) is 16.2 Å². The van der Waals surface area contributed by atoms with Crippen molar-refractivity contribution in [2.24, 2.45) is 0 Å². The SMILES string of the molecule is Nc1cc(C(=O)N2CCNCC2)ccc1N1CCN(C(=O)N2CCOCC2)CC1. The molecule has 1 aromatic carbocycles. The number of nitrogens with two attached hydrogens (primary N) is 1. The Bertz CT molecular complexity index is 738. The Morgan fingerprint density at radius 3 is 2.17 bits per heavy atom. The number of urea groups is 1. The van der Waals surface area contributed by atoms with Crippen LogP contribution in [0.2, 0.25) is 0 Å². The van der Waals surface area contributed by atoms with E-state index in [2.05, 4.69) is 10.2 Å². The molecule has 0 atom stereocenters. The zero-order valence-electron chi connectivity index (χ0n) is 16.8. The fourth-order valence-corrected chi connectivity index (χ4v) is 4.12. The molecule has 3 aliphatic rings. The highest BCUT2D eigenvalue weighted by molar-refractivity contribution is 5.96. The van der Waals surface area contributed by atoms with Crippen molar-refractivity contribution >= 4 is 23.3 Å². The van der Waals surface area contributed by atoms with Crippen molar-refractivity contribution in [1.29, 1.82) is 0 Å². The van der Waals surface area contributed by atoms with Gasteiger partial charge in [-0.1, -0.05) is 0 Å². The van der Waals surface area contributed by atoms with Crippen molar-refractivity contribution in [2.45, 2.75) is 0 Å².